The van der Waals surface area contributed by atoms with Crippen LogP contribution in [0.15, 0.2) is 0 Å². The quantitative estimate of drug-likeness (QED) is 0.775. The molecule has 0 spiro atoms. The Morgan fingerprint density at radius 1 is 1.05 bits per heavy atom. The van der Waals surface area contributed by atoms with Gasteiger partial charge in [0.2, 0.25) is 11.8 Å². The van der Waals surface area contributed by atoms with Crippen LogP contribution in [0, 0.1) is 11.8 Å². The van der Waals surface area contributed by atoms with E-state index in [1.807, 2.05) is 9.80 Å². The Hall–Kier alpha value is -1.06. The maximum Gasteiger partial charge on any atom is 0.246 e. The van der Waals surface area contributed by atoms with Gasteiger partial charge in [0, 0.05) is 12.6 Å². The Bertz CT molecular complexity index is 421. The fourth-order valence-electron chi connectivity index (χ4n) is 4.40. The van der Waals surface area contributed by atoms with Crippen LogP contribution >= 0.6 is 0 Å². The lowest BCUT2D eigenvalue weighted by Crippen LogP contribution is -2.66. The van der Waals surface area contributed by atoms with E-state index in [4.69, 9.17) is 0 Å². The fraction of sp³-hybridized carbons (Fsp3) is 0.875. The van der Waals surface area contributed by atoms with Gasteiger partial charge in [0.1, 0.15) is 12.1 Å². The van der Waals surface area contributed by atoms with Gasteiger partial charge in [0.25, 0.3) is 0 Å². The molecule has 4 atom stereocenters. The number of fused-ring (bicyclic) bond motifs is 1. The lowest BCUT2D eigenvalue weighted by Gasteiger charge is -2.47. The minimum atomic E-state index is -0.234. The van der Waals surface area contributed by atoms with Crippen LogP contribution in [0.3, 0.4) is 0 Å². The molecule has 4 unspecified atom stereocenters. The van der Waals surface area contributed by atoms with Gasteiger partial charge in [-0.2, -0.15) is 0 Å². The number of carbonyl (C=O) groups is 2. The Balaban J connectivity index is 1.95. The molecule has 0 aromatic heterocycles. The first kappa shape index (κ1) is 13.9. The first-order valence-corrected chi connectivity index (χ1v) is 8.15. The summed E-state index contributed by atoms with van der Waals surface area (Å²) in [6.45, 7) is 7.14. The second kappa shape index (κ2) is 5.05. The van der Waals surface area contributed by atoms with Crippen LogP contribution in [0.5, 0.6) is 0 Å². The van der Waals surface area contributed by atoms with Gasteiger partial charge in [-0.15, -0.1) is 0 Å². The molecule has 0 aromatic rings. The maximum atomic E-state index is 12.9. The number of nitrogens with zero attached hydrogens (tertiary/aromatic N) is 2. The normalized spacial score (nSPS) is 38.0. The molecule has 2 heterocycles. The third kappa shape index (κ3) is 1.95. The van der Waals surface area contributed by atoms with Crippen LogP contribution in [0.2, 0.25) is 0 Å². The highest BCUT2D eigenvalue weighted by molar-refractivity contribution is 5.97. The van der Waals surface area contributed by atoms with Crippen LogP contribution in [0.1, 0.15) is 52.9 Å². The topological polar surface area (TPSA) is 40.6 Å². The zero-order chi connectivity index (χ0) is 14.4. The van der Waals surface area contributed by atoms with Gasteiger partial charge in [-0.05, 0) is 37.5 Å². The summed E-state index contributed by atoms with van der Waals surface area (Å²) in [5, 5.41) is 0. The molecule has 0 aromatic carbocycles. The molecule has 1 saturated carbocycles. The summed E-state index contributed by atoms with van der Waals surface area (Å²) in [5.41, 5.74) is 0. The van der Waals surface area contributed by atoms with E-state index in [-0.39, 0.29) is 35.9 Å². The SMILES string of the molecule is CC(C)C1C(=O)N2CCCC2C(=O)N1C1CCCC1C. The summed E-state index contributed by atoms with van der Waals surface area (Å²) in [7, 11) is 0. The second-order valence-corrected chi connectivity index (χ2v) is 7.10. The Kier molecular flexibility index (Phi) is 3.51. The number of piperazine rings is 1. The first-order chi connectivity index (χ1) is 9.52. The molecule has 3 aliphatic rings. The molecule has 3 fully saturated rings. The predicted molar refractivity (Wildman–Crippen MR) is 77.0 cm³/mol. The summed E-state index contributed by atoms with van der Waals surface area (Å²) in [4.78, 5) is 29.6. The van der Waals surface area contributed by atoms with E-state index < -0.39 is 0 Å². The van der Waals surface area contributed by atoms with Crippen molar-refractivity contribution < 1.29 is 9.59 Å². The minimum Gasteiger partial charge on any atom is -0.329 e. The summed E-state index contributed by atoms with van der Waals surface area (Å²) in [6, 6.07) is -0.116. The van der Waals surface area contributed by atoms with Gasteiger partial charge in [-0.25, -0.2) is 0 Å². The molecule has 112 valence electrons. The van der Waals surface area contributed by atoms with E-state index in [2.05, 4.69) is 20.8 Å². The van der Waals surface area contributed by atoms with Crippen molar-refractivity contribution in [2.24, 2.45) is 11.8 Å². The molecule has 1 aliphatic carbocycles. The number of carbonyl (C=O) groups excluding carboxylic acids is 2. The molecular formula is C16H26N2O2. The Morgan fingerprint density at radius 3 is 2.40 bits per heavy atom. The van der Waals surface area contributed by atoms with E-state index >= 15 is 0 Å². The number of rotatable bonds is 2. The van der Waals surface area contributed by atoms with Crippen molar-refractivity contribution in [3.8, 4) is 0 Å². The molecule has 2 amide bonds. The molecule has 2 saturated heterocycles. The largest absolute Gasteiger partial charge is 0.329 e. The van der Waals surface area contributed by atoms with Crippen LogP contribution in [-0.2, 0) is 9.59 Å². The summed E-state index contributed by atoms with van der Waals surface area (Å²) >= 11 is 0. The molecule has 0 bridgehead atoms. The number of hydrogen-bond acceptors (Lipinski definition) is 2. The van der Waals surface area contributed by atoms with Crippen LogP contribution in [0.4, 0.5) is 0 Å². The number of hydrogen-bond donors (Lipinski definition) is 0. The monoisotopic (exact) mass is 278 g/mol. The van der Waals surface area contributed by atoms with Crippen molar-refractivity contribution in [2.45, 2.75) is 71.0 Å². The third-order valence-electron chi connectivity index (χ3n) is 5.43. The number of amides is 2. The van der Waals surface area contributed by atoms with E-state index in [1.165, 1.54) is 12.8 Å². The van der Waals surface area contributed by atoms with Gasteiger partial charge < -0.3 is 9.80 Å². The maximum absolute atomic E-state index is 12.9. The third-order valence-corrected chi connectivity index (χ3v) is 5.43. The zero-order valence-corrected chi connectivity index (χ0v) is 12.8. The van der Waals surface area contributed by atoms with Crippen molar-refractivity contribution >= 4 is 11.8 Å². The molecule has 4 heteroatoms. The molecule has 3 rings (SSSR count). The van der Waals surface area contributed by atoms with Crippen molar-refractivity contribution in [3.63, 3.8) is 0 Å². The summed E-state index contributed by atoms with van der Waals surface area (Å²) in [5.74, 6) is 1.14. The Labute approximate surface area is 121 Å². The van der Waals surface area contributed by atoms with Crippen LogP contribution in [-0.4, -0.2) is 46.3 Å². The van der Waals surface area contributed by atoms with Gasteiger partial charge in [-0.1, -0.05) is 27.2 Å². The van der Waals surface area contributed by atoms with Gasteiger partial charge >= 0.3 is 0 Å². The minimum absolute atomic E-state index is 0.162. The lowest BCUT2D eigenvalue weighted by atomic mass is 9.91. The highest BCUT2D eigenvalue weighted by Gasteiger charge is 2.51. The van der Waals surface area contributed by atoms with E-state index in [0.29, 0.717) is 5.92 Å². The standard InChI is InChI=1S/C16H26N2O2/c1-10(2)14-16(20)17-9-5-8-13(17)15(19)18(14)12-7-4-6-11(12)3/h10-14H,4-9H2,1-3H3. The zero-order valence-electron chi connectivity index (χ0n) is 12.8. The fourth-order valence-corrected chi connectivity index (χ4v) is 4.40. The van der Waals surface area contributed by atoms with Gasteiger partial charge in [0.15, 0.2) is 0 Å². The molecule has 0 radical (unpaired) electrons. The van der Waals surface area contributed by atoms with Crippen molar-refractivity contribution in [1.82, 2.24) is 9.80 Å². The van der Waals surface area contributed by atoms with Gasteiger partial charge in [-0.3, -0.25) is 9.59 Å². The highest BCUT2D eigenvalue weighted by Crippen LogP contribution is 2.37. The Morgan fingerprint density at radius 2 is 1.80 bits per heavy atom. The second-order valence-electron chi connectivity index (χ2n) is 7.10. The first-order valence-electron chi connectivity index (χ1n) is 8.15. The van der Waals surface area contributed by atoms with E-state index in [1.54, 1.807) is 0 Å². The van der Waals surface area contributed by atoms with Crippen molar-refractivity contribution in [1.29, 1.82) is 0 Å². The summed E-state index contributed by atoms with van der Waals surface area (Å²) < 4.78 is 0. The predicted octanol–water partition coefficient (Wildman–Crippen LogP) is 2.03. The van der Waals surface area contributed by atoms with E-state index in [0.717, 1.165) is 25.8 Å². The van der Waals surface area contributed by atoms with Crippen LogP contribution in [0.25, 0.3) is 0 Å². The highest BCUT2D eigenvalue weighted by atomic mass is 16.2. The van der Waals surface area contributed by atoms with E-state index in [9.17, 15) is 9.59 Å². The lowest BCUT2D eigenvalue weighted by molar-refractivity contribution is -0.165. The smallest absolute Gasteiger partial charge is 0.246 e. The molecule has 2 aliphatic heterocycles. The summed E-state index contributed by atoms with van der Waals surface area (Å²) in [6.07, 6.45) is 5.26. The van der Waals surface area contributed by atoms with Crippen molar-refractivity contribution in [3.05, 3.63) is 0 Å². The molecule has 0 N–H and O–H groups in total. The molecule has 4 nitrogen and oxygen atoms in total. The van der Waals surface area contributed by atoms with Gasteiger partial charge in [0.05, 0.1) is 0 Å². The molecule has 20 heavy (non-hydrogen) atoms. The average molecular weight is 278 g/mol. The van der Waals surface area contributed by atoms with Crippen molar-refractivity contribution in [2.75, 3.05) is 6.54 Å². The average Bonchev–Trinajstić information content (AvgIpc) is 3.01. The van der Waals surface area contributed by atoms with Crippen LogP contribution < -0.4 is 0 Å². The molecular weight excluding hydrogens is 252 g/mol.